The molecule has 0 bridgehead atoms. The molecule has 0 aliphatic rings. The Labute approximate surface area is 75.9 Å². The summed E-state index contributed by atoms with van der Waals surface area (Å²) in [5.41, 5.74) is 0.652. The molecule has 0 unspecified atom stereocenters. The maximum Gasteiger partial charge on any atom is 0.150 e. The number of rotatable bonds is 3. The van der Waals surface area contributed by atoms with E-state index < -0.39 is 0 Å². The van der Waals surface area contributed by atoms with Crippen LogP contribution in [0.5, 0.6) is 5.75 Å². The van der Waals surface area contributed by atoms with Gasteiger partial charge in [-0.25, -0.2) is 0 Å². The Morgan fingerprint density at radius 2 is 2.17 bits per heavy atom. The molecule has 0 saturated carbocycles. The molecule has 1 aromatic rings. The summed E-state index contributed by atoms with van der Waals surface area (Å²) in [5.74, 6) is 0.726. The summed E-state index contributed by atoms with van der Waals surface area (Å²) < 4.78 is 5.03. The van der Waals surface area contributed by atoms with E-state index in [1.54, 1.807) is 24.9 Å². The maximum absolute atomic E-state index is 10.5. The quantitative estimate of drug-likeness (QED) is 0.529. The van der Waals surface area contributed by atoms with E-state index in [0.29, 0.717) is 5.56 Å². The highest BCUT2D eigenvalue weighted by atomic mass is 32.2. The molecule has 0 heterocycles. The number of carbonyl (C=O) groups excluding carboxylic acids is 1. The Morgan fingerprint density at radius 3 is 2.67 bits per heavy atom. The Bertz CT molecular complexity index is 262. The van der Waals surface area contributed by atoms with Gasteiger partial charge in [0.2, 0.25) is 0 Å². The van der Waals surface area contributed by atoms with Crippen molar-refractivity contribution in [1.29, 1.82) is 0 Å². The van der Waals surface area contributed by atoms with Gasteiger partial charge in [0, 0.05) is 10.5 Å². The van der Waals surface area contributed by atoms with E-state index in [0.717, 1.165) is 16.9 Å². The van der Waals surface area contributed by atoms with Crippen LogP contribution in [0.25, 0.3) is 0 Å². The summed E-state index contributed by atoms with van der Waals surface area (Å²) in [6.07, 6.45) is 2.78. The summed E-state index contributed by atoms with van der Waals surface area (Å²) in [4.78, 5) is 11.5. The van der Waals surface area contributed by atoms with Crippen molar-refractivity contribution in [3.05, 3.63) is 23.8 Å². The van der Waals surface area contributed by atoms with Crippen molar-refractivity contribution in [2.24, 2.45) is 0 Å². The minimum absolute atomic E-state index is 0.652. The number of hydrogen-bond acceptors (Lipinski definition) is 3. The number of methoxy groups -OCH3 is 1. The van der Waals surface area contributed by atoms with Gasteiger partial charge in [-0.1, -0.05) is 0 Å². The minimum Gasteiger partial charge on any atom is -0.497 e. The van der Waals surface area contributed by atoms with E-state index in [2.05, 4.69) is 0 Å². The van der Waals surface area contributed by atoms with Crippen LogP contribution in [0.4, 0.5) is 0 Å². The lowest BCUT2D eigenvalue weighted by Gasteiger charge is -2.02. The van der Waals surface area contributed by atoms with Crippen molar-refractivity contribution >= 4 is 18.0 Å². The van der Waals surface area contributed by atoms with Gasteiger partial charge in [-0.05, 0) is 24.5 Å². The molecule has 0 aromatic heterocycles. The monoisotopic (exact) mass is 182 g/mol. The number of hydrogen-bond donors (Lipinski definition) is 0. The van der Waals surface area contributed by atoms with Crippen molar-refractivity contribution in [2.75, 3.05) is 13.4 Å². The topological polar surface area (TPSA) is 26.3 Å². The third kappa shape index (κ3) is 2.01. The molecular formula is C9H10O2S. The first-order valence-electron chi connectivity index (χ1n) is 3.48. The van der Waals surface area contributed by atoms with E-state index >= 15 is 0 Å². The number of thioether (sulfide) groups is 1. The van der Waals surface area contributed by atoms with Gasteiger partial charge < -0.3 is 4.74 Å². The third-order valence-corrected chi connectivity index (χ3v) is 2.22. The molecule has 12 heavy (non-hydrogen) atoms. The van der Waals surface area contributed by atoms with Crippen LogP contribution in [0.2, 0.25) is 0 Å². The molecule has 0 spiro atoms. The molecule has 0 saturated heterocycles. The first-order chi connectivity index (χ1) is 5.80. The Kier molecular flexibility index (Phi) is 3.17. The van der Waals surface area contributed by atoms with Crippen LogP contribution in [0.1, 0.15) is 10.4 Å². The summed E-state index contributed by atoms with van der Waals surface area (Å²) in [5, 5.41) is 0. The fourth-order valence-corrected chi connectivity index (χ4v) is 1.39. The van der Waals surface area contributed by atoms with Gasteiger partial charge in [-0.2, -0.15) is 0 Å². The normalized spacial score (nSPS) is 9.50. The van der Waals surface area contributed by atoms with E-state index in [-0.39, 0.29) is 0 Å². The average molecular weight is 182 g/mol. The second-order valence-corrected chi connectivity index (χ2v) is 3.14. The van der Waals surface area contributed by atoms with Gasteiger partial charge in [0.25, 0.3) is 0 Å². The van der Waals surface area contributed by atoms with Crippen LogP contribution < -0.4 is 4.74 Å². The molecule has 0 amide bonds. The van der Waals surface area contributed by atoms with E-state index in [1.807, 2.05) is 18.4 Å². The molecule has 1 rings (SSSR count). The summed E-state index contributed by atoms with van der Waals surface area (Å²) in [6.45, 7) is 0. The highest BCUT2D eigenvalue weighted by Crippen LogP contribution is 2.22. The van der Waals surface area contributed by atoms with Crippen LogP contribution in [0.15, 0.2) is 23.1 Å². The number of carbonyl (C=O) groups is 1. The van der Waals surface area contributed by atoms with Gasteiger partial charge in [0.15, 0.2) is 0 Å². The zero-order valence-corrected chi connectivity index (χ0v) is 7.85. The first-order valence-corrected chi connectivity index (χ1v) is 4.71. The molecule has 0 fully saturated rings. The lowest BCUT2D eigenvalue weighted by molar-refractivity contribution is 0.112. The molecule has 0 radical (unpaired) electrons. The fraction of sp³-hybridized carbons (Fsp3) is 0.222. The highest BCUT2D eigenvalue weighted by Gasteiger charge is 1.98. The van der Waals surface area contributed by atoms with Gasteiger partial charge in [0.05, 0.1) is 7.11 Å². The first kappa shape index (κ1) is 9.13. The van der Waals surface area contributed by atoms with Crippen LogP contribution in [0.3, 0.4) is 0 Å². The number of benzene rings is 1. The molecule has 0 N–H and O–H groups in total. The molecule has 64 valence electrons. The fourth-order valence-electron chi connectivity index (χ4n) is 0.897. The molecule has 0 atom stereocenters. The van der Waals surface area contributed by atoms with Crippen molar-refractivity contribution in [2.45, 2.75) is 4.90 Å². The molecule has 0 aliphatic carbocycles. The molecular weight excluding hydrogens is 172 g/mol. The average Bonchev–Trinajstić information content (AvgIpc) is 2.16. The predicted molar refractivity (Wildman–Crippen MR) is 50.2 cm³/mol. The van der Waals surface area contributed by atoms with Gasteiger partial charge in [0.1, 0.15) is 12.0 Å². The van der Waals surface area contributed by atoms with E-state index in [9.17, 15) is 4.79 Å². The second-order valence-electron chi connectivity index (χ2n) is 2.26. The lowest BCUT2D eigenvalue weighted by Crippen LogP contribution is -1.86. The van der Waals surface area contributed by atoms with Gasteiger partial charge in [-0.3, -0.25) is 4.79 Å². The molecule has 1 aromatic carbocycles. The molecule has 3 heteroatoms. The molecule has 2 nitrogen and oxygen atoms in total. The predicted octanol–water partition coefficient (Wildman–Crippen LogP) is 2.23. The zero-order chi connectivity index (χ0) is 8.97. The van der Waals surface area contributed by atoms with E-state index in [4.69, 9.17) is 4.74 Å². The Hall–Kier alpha value is -0.960. The van der Waals surface area contributed by atoms with Crippen molar-refractivity contribution < 1.29 is 9.53 Å². The van der Waals surface area contributed by atoms with Crippen molar-refractivity contribution in [3.63, 3.8) is 0 Å². The second kappa shape index (κ2) is 4.16. The summed E-state index contributed by atoms with van der Waals surface area (Å²) >= 11 is 1.59. The van der Waals surface area contributed by atoms with E-state index in [1.165, 1.54) is 0 Å². The third-order valence-electron chi connectivity index (χ3n) is 1.51. The number of ether oxygens (including phenoxy) is 1. The van der Waals surface area contributed by atoms with Crippen LogP contribution >= 0.6 is 11.8 Å². The smallest absolute Gasteiger partial charge is 0.150 e. The van der Waals surface area contributed by atoms with Gasteiger partial charge >= 0.3 is 0 Å². The standard InChI is InChI=1S/C9H10O2S/c1-11-8-3-7(6-10)4-9(5-8)12-2/h3-6H,1-2H3. The highest BCUT2D eigenvalue weighted by molar-refractivity contribution is 7.98. The summed E-state index contributed by atoms with van der Waals surface area (Å²) in [6, 6.07) is 5.45. The minimum atomic E-state index is 0.652. The van der Waals surface area contributed by atoms with Crippen LogP contribution in [0, 0.1) is 0 Å². The van der Waals surface area contributed by atoms with Gasteiger partial charge in [-0.15, -0.1) is 11.8 Å². The SMILES string of the molecule is COc1cc(C=O)cc(SC)c1. The van der Waals surface area contributed by atoms with Crippen molar-refractivity contribution in [3.8, 4) is 5.75 Å². The maximum atomic E-state index is 10.5. The Morgan fingerprint density at radius 1 is 1.42 bits per heavy atom. The Balaban J connectivity index is 3.09. The number of aldehydes is 1. The largest absolute Gasteiger partial charge is 0.497 e. The zero-order valence-electron chi connectivity index (χ0n) is 7.03. The molecule has 0 aliphatic heterocycles. The van der Waals surface area contributed by atoms with Crippen molar-refractivity contribution in [1.82, 2.24) is 0 Å². The van der Waals surface area contributed by atoms with Crippen LogP contribution in [-0.2, 0) is 0 Å². The lowest BCUT2D eigenvalue weighted by atomic mass is 10.2. The van der Waals surface area contributed by atoms with Crippen LogP contribution in [-0.4, -0.2) is 19.7 Å². The summed E-state index contributed by atoms with van der Waals surface area (Å²) in [7, 11) is 1.59.